The van der Waals surface area contributed by atoms with Crippen molar-refractivity contribution in [2.75, 3.05) is 31.1 Å². The lowest BCUT2D eigenvalue weighted by atomic mass is 9.95. The average molecular weight is 325 g/mol. The van der Waals surface area contributed by atoms with Crippen molar-refractivity contribution in [3.63, 3.8) is 0 Å². The maximum Gasteiger partial charge on any atom is 0.315 e. The normalized spacial score (nSPS) is 26.8. The third-order valence-electron chi connectivity index (χ3n) is 4.51. The van der Waals surface area contributed by atoms with Crippen molar-refractivity contribution in [1.82, 2.24) is 15.2 Å². The van der Waals surface area contributed by atoms with Gasteiger partial charge in [-0.2, -0.15) is 0 Å². The lowest BCUT2D eigenvalue weighted by molar-refractivity contribution is -0.0267. The van der Waals surface area contributed by atoms with Crippen LogP contribution in [0.25, 0.3) is 0 Å². The Kier molecular flexibility index (Phi) is 3.87. The maximum absolute atomic E-state index is 13.0. The number of aryl methyl sites for hydroxylation is 1. The molecule has 2 aliphatic heterocycles. The van der Waals surface area contributed by atoms with E-state index in [2.05, 4.69) is 10.3 Å². The zero-order valence-electron chi connectivity index (χ0n) is 13.2. The summed E-state index contributed by atoms with van der Waals surface area (Å²) in [6.07, 6.45) is 0. The first kappa shape index (κ1) is 15.9. The van der Waals surface area contributed by atoms with Crippen molar-refractivity contribution in [3.05, 3.63) is 23.4 Å². The number of halogens is 2. The number of hydrogen-bond donors (Lipinski definition) is 2. The number of nitrogens with two attached hydrogens (primary N) is 1. The third-order valence-corrected chi connectivity index (χ3v) is 4.51. The molecule has 0 aliphatic carbocycles. The van der Waals surface area contributed by atoms with Crippen LogP contribution >= 0.6 is 0 Å². The summed E-state index contributed by atoms with van der Waals surface area (Å²) in [6, 6.07) is 2.96. The molecule has 3 N–H and O–H groups in total. The van der Waals surface area contributed by atoms with E-state index in [1.54, 1.807) is 15.9 Å². The highest BCUT2D eigenvalue weighted by Crippen LogP contribution is 2.33. The van der Waals surface area contributed by atoms with Gasteiger partial charge in [0.2, 0.25) is 0 Å². The molecule has 2 amide bonds. The summed E-state index contributed by atoms with van der Waals surface area (Å²) in [7, 11) is 0. The number of urea groups is 1. The van der Waals surface area contributed by atoms with E-state index >= 15 is 0 Å². The minimum absolute atomic E-state index is 0.0379. The molecule has 2 fully saturated rings. The SMILES string of the molecule is Cc1nc(N2CC(F)(F)C2)ccc1C1C(C)NCCN1C(N)=O. The van der Waals surface area contributed by atoms with Crippen molar-refractivity contribution in [2.24, 2.45) is 5.73 Å². The van der Waals surface area contributed by atoms with Crippen LogP contribution in [-0.4, -0.2) is 54.1 Å². The number of nitrogens with zero attached hydrogens (tertiary/aromatic N) is 3. The molecule has 6 nitrogen and oxygen atoms in total. The molecular weight excluding hydrogens is 304 g/mol. The van der Waals surface area contributed by atoms with Crippen molar-refractivity contribution in [3.8, 4) is 0 Å². The summed E-state index contributed by atoms with van der Waals surface area (Å²) < 4.78 is 26.0. The number of primary amides is 1. The first-order valence-electron chi connectivity index (χ1n) is 7.68. The molecule has 8 heteroatoms. The van der Waals surface area contributed by atoms with Gasteiger partial charge in [0.25, 0.3) is 5.92 Å². The van der Waals surface area contributed by atoms with Crippen LogP contribution in [0.2, 0.25) is 0 Å². The number of rotatable bonds is 2. The number of alkyl halides is 2. The number of aromatic nitrogens is 1. The smallest absolute Gasteiger partial charge is 0.315 e. The van der Waals surface area contributed by atoms with Crippen LogP contribution < -0.4 is 16.0 Å². The van der Waals surface area contributed by atoms with Gasteiger partial charge < -0.3 is 20.9 Å². The topological polar surface area (TPSA) is 74.5 Å². The zero-order valence-corrected chi connectivity index (χ0v) is 13.2. The molecule has 1 aromatic heterocycles. The number of nitrogens with one attached hydrogen (secondary N) is 1. The minimum Gasteiger partial charge on any atom is -0.351 e. The Morgan fingerprint density at radius 2 is 2.13 bits per heavy atom. The number of hydrogen-bond acceptors (Lipinski definition) is 4. The standard InChI is InChI=1S/C15H21F2N5O/c1-9-11(13-10(2)19-5-6-22(13)14(18)23)3-4-12(20-9)21-7-15(16,17)8-21/h3-4,10,13,19H,5-8H2,1-2H3,(H2,18,23). The highest BCUT2D eigenvalue weighted by molar-refractivity contribution is 5.73. The first-order chi connectivity index (χ1) is 10.8. The Hall–Kier alpha value is -1.96. The van der Waals surface area contributed by atoms with Crippen LogP contribution in [0.5, 0.6) is 0 Å². The number of amides is 2. The molecule has 3 rings (SSSR count). The van der Waals surface area contributed by atoms with Crippen LogP contribution in [0.4, 0.5) is 19.4 Å². The lowest BCUT2D eigenvalue weighted by Gasteiger charge is -2.41. The molecule has 0 radical (unpaired) electrons. The fourth-order valence-electron chi connectivity index (χ4n) is 3.34. The highest BCUT2D eigenvalue weighted by Gasteiger charge is 2.44. The fourth-order valence-corrected chi connectivity index (χ4v) is 3.34. The van der Waals surface area contributed by atoms with E-state index in [-0.39, 0.29) is 25.2 Å². The summed E-state index contributed by atoms with van der Waals surface area (Å²) in [5, 5.41) is 3.33. The Balaban J connectivity index is 1.86. The zero-order chi connectivity index (χ0) is 16.8. The second-order valence-electron chi connectivity index (χ2n) is 6.28. The molecule has 3 heterocycles. The highest BCUT2D eigenvalue weighted by atomic mass is 19.3. The van der Waals surface area contributed by atoms with Gasteiger partial charge in [0.1, 0.15) is 5.82 Å². The molecule has 0 bridgehead atoms. The molecule has 1 aromatic rings. The second-order valence-corrected chi connectivity index (χ2v) is 6.28. The summed E-state index contributed by atoms with van der Waals surface area (Å²) in [4.78, 5) is 19.3. The van der Waals surface area contributed by atoms with Crippen LogP contribution in [0.3, 0.4) is 0 Å². The first-order valence-corrected chi connectivity index (χ1v) is 7.68. The Morgan fingerprint density at radius 3 is 2.70 bits per heavy atom. The molecule has 126 valence electrons. The molecule has 0 spiro atoms. The summed E-state index contributed by atoms with van der Waals surface area (Å²) in [5.74, 6) is -2.09. The Labute approximate surface area is 133 Å². The Bertz CT molecular complexity index is 616. The van der Waals surface area contributed by atoms with Gasteiger partial charge in [-0.1, -0.05) is 6.07 Å². The van der Waals surface area contributed by atoms with Crippen molar-refractivity contribution >= 4 is 11.8 Å². The number of piperazine rings is 1. The fraction of sp³-hybridized carbons (Fsp3) is 0.600. The molecule has 2 saturated heterocycles. The van der Waals surface area contributed by atoms with E-state index in [1.807, 2.05) is 19.9 Å². The second kappa shape index (κ2) is 5.59. The predicted molar refractivity (Wildman–Crippen MR) is 82.6 cm³/mol. The van der Waals surface area contributed by atoms with Gasteiger partial charge >= 0.3 is 6.03 Å². The molecule has 2 unspecified atom stereocenters. The largest absolute Gasteiger partial charge is 0.351 e. The number of carbonyl (C=O) groups excluding carboxylic acids is 1. The summed E-state index contributed by atoms with van der Waals surface area (Å²) in [6.45, 7) is 4.44. The summed E-state index contributed by atoms with van der Waals surface area (Å²) >= 11 is 0. The molecule has 2 aliphatic rings. The van der Waals surface area contributed by atoms with Crippen LogP contribution in [0.15, 0.2) is 12.1 Å². The average Bonchev–Trinajstić information content (AvgIpc) is 2.44. The van der Waals surface area contributed by atoms with E-state index in [4.69, 9.17) is 5.73 Å². The van der Waals surface area contributed by atoms with Gasteiger partial charge in [-0.3, -0.25) is 0 Å². The minimum atomic E-state index is -2.63. The van der Waals surface area contributed by atoms with E-state index < -0.39 is 12.0 Å². The van der Waals surface area contributed by atoms with Gasteiger partial charge in [0.15, 0.2) is 0 Å². The van der Waals surface area contributed by atoms with Crippen molar-refractivity contribution in [2.45, 2.75) is 31.9 Å². The molecule has 0 saturated carbocycles. The van der Waals surface area contributed by atoms with Gasteiger partial charge in [0.05, 0.1) is 19.1 Å². The van der Waals surface area contributed by atoms with E-state index in [9.17, 15) is 13.6 Å². The predicted octanol–water partition coefficient (Wildman–Crippen LogP) is 1.26. The van der Waals surface area contributed by atoms with Crippen molar-refractivity contribution < 1.29 is 13.6 Å². The number of anilines is 1. The maximum atomic E-state index is 13.0. The number of carbonyl (C=O) groups is 1. The van der Waals surface area contributed by atoms with E-state index in [1.165, 1.54) is 0 Å². The summed E-state index contributed by atoms with van der Waals surface area (Å²) in [5.41, 5.74) is 7.11. The molecular formula is C15H21F2N5O. The quantitative estimate of drug-likeness (QED) is 0.858. The van der Waals surface area contributed by atoms with Gasteiger partial charge in [-0.25, -0.2) is 18.6 Å². The monoisotopic (exact) mass is 325 g/mol. The molecule has 2 atom stereocenters. The number of pyridine rings is 1. The van der Waals surface area contributed by atoms with Crippen molar-refractivity contribution in [1.29, 1.82) is 0 Å². The van der Waals surface area contributed by atoms with Gasteiger partial charge in [0, 0.05) is 24.8 Å². The molecule has 23 heavy (non-hydrogen) atoms. The van der Waals surface area contributed by atoms with Crippen LogP contribution in [-0.2, 0) is 0 Å². The van der Waals surface area contributed by atoms with Crippen LogP contribution in [0.1, 0.15) is 24.2 Å². The van der Waals surface area contributed by atoms with E-state index in [0.717, 1.165) is 11.3 Å². The van der Waals surface area contributed by atoms with Gasteiger partial charge in [-0.15, -0.1) is 0 Å². The molecule has 0 aromatic carbocycles. The Morgan fingerprint density at radius 1 is 1.43 bits per heavy atom. The lowest BCUT2D eigenvalue weighted by Crippen LogP contribution is -2.57. The van der Waals surface area contributed by atoms with Gasteiger partial charge in [-0.05, 0) is 25.5 Å². The third kappa shape index (κ3) is 2.95. The van der Waals surface area contributed by atoms with Crippen LogP contribution in [0, 0.1) is 6.92 Å². The van der Waals surface area contributed by atoms with E-state index in [0.29, 0.717) is 18.9 Å².